The molecule has 1 aromatic heterocycles. The molecule has 3 aromatic rings. The quantitative estimate of drug-likeness (QED) is 0.664. The Hall–Kier alpha value is -3.26. The van der Waals surface area contributed by atoms with Crippen molar-refractivity contribution in [3.05, 3.63) is 92.0 Å². The SMILES string of the molecule is Cc1nc(OCc2ccc(F)cc2F)c(Cl)c(=O)n1Cc1cccc(C(N)=O)c1. The minimum atomic E-state index is -0.777. The summed E-state index contributed by atoms with van der Waals surface area (Å²) in [6, 6.07) is 9.59. The Balaban J connectivity index is 1.85. The fraction of sp³-hybridized carbons (Fsp3) is 0.150. The summed E-state index contributed by atoms with van der Waals surface area (Å²) in [6.45, 7) is 1.43. The highest BCUT2D eigenvalue weighted by atomic mass is 35.5. The van der Waals surface area contributed by atoms with E-state index in [0.29, 0.717) is 17.0 Å². The number of nitrogens with zero attached hydrogens (tertiary/aromatic N) is 2. The minimum absolute atomic E-state index is 0.0920. The predicted molar refractivity (Wildman–Crippen MR) is 103 cm³/mol. The third-order valence-electron chi connectivity index (χ3n) is 4.21. The Morgan fingerprint density at radius 2 is 2.00 bits per heavy atom. The van der Waals surface area contributed by atoms with Gasteiger partial charge < -0.3 is 10.5 Å². The van der Waals surface area contributed by atoms with E-state index in [0.717, 1.165) is 12.1 Å². The number of hydrogen-bond acceptors (Lipinski definition) is 4. The lowest BCUT2D eigenvalue weighted by molar-refractivity contribution is 0.1000. The first kappa shape index (κ1) is 20.5. The predicted octanol–water partition coefficient (Wildman–Crippen LogP) is 3.21. The van der Waals surface area contributed by atoms with Crippen LogP contribution in [0.2, 0.25) is 5.02 Å². The van der Waals surface area contributed by atoms with Gasteiger partial charge in [0.15, 0.2) is 5.02 Å². The second-order valence-electron chi connectivity index (χ2n) is 6.26. The van der Waals surface area contributed by atoms with E-state index in [4.69, 9.17) is 22.1 Å². The molecule has 0 aliphatic heterocycles. The number of benzene rings is 2. The molecule has 0 unspecified atom stereocenters. The highest BCUT2D eigenvalue weighted by Gasteiger charge is 2.16. The number of carbonyl (C=O) groups is 1. The Morgan fingerprint density at radius 3 is 2.69 bits per heavy atom. The van der Waals surface area contributed by atoms with Gasteiger partial charge in [-0.05, 0) is 36.8 Å². The minimum Gasteiger partial charge on any atom is -0.471 e. The highest BCUT2D eigenvalue weighted by Crippen LogP contribution is 2.21. The standard InChI is InChI=1S/C20H16ClF2N3O3/c1-11-25-19(29-10-14-5-6-15(22)8-16(14)23)17(21)20(28)26(11)9-12-3-2-4-13(7-12)18(24)27/h2-8H,9-10H2,1H3,(H2,24,27). The van der Waals surface area contributed by atoms with Gasteiger partial charge in [0.05, 0.1) is 6.54 Å². The van der Waals surface area contributed by atoms with Crippen molar-refractivity contribution in [2.24, 2.45) is 5.73 Å². The van der Waals surface area contributed by atoms with E-state index in [1.54, 1.807) is 31.2 Å². The van der Waals surface area contributed by atoms with Crippen molar-refractivity contribution < 1.29 is 18.3 Å². The van der Waals surface area contributed by atoms with E-state index in [9.17, 15) is 18.4 Å². The number of nitrogens with two attached hydrogens (primary N) is 1. The lowest BCUT2D eigenvalue weighted by atomic mass is 10.1. The molecule has 0 aliphatic rings. The molecular formula is C20H16ClF2N3O3. The van der Waals surface area contributed by atoms with Crippen LogP contribution in [0.1, 0.15) is 27.3 Å². The van der Waals surface area contributed by atoms with Crippen molar-refractivity contribution >= 4 is 17.5 Å². The van der Waals surface area contributed by atoms with Gasteiger partial charge in [-0.2, -0.15) is 4.98 Å². The van der Waals surface area contributed by atoms with Crippen molar-refractivity contribution in [3.63, 3.8) is 0 Å². The first-order valence-electron chi connectivity index (χ1n) is 8.48. The van der Waals surface area contributed by atoms with Gasteiger partial charge in [-0.15, -0.1) is 0 Å². The number of hydrogen-bond donors (Lipinski definition) is 1. The van der Waals surface area contributed by atoms with E-state index in [1.165, 1.54) is 10.6 Å². The third-order valence-corrected chi connectivity index (χ3v) is 4.53. The molecule has 150 valence electrons. The number of primary amides is 1. The molecule has 0 spiro atoms. The van der Waals surface area contributed by atoms with Crippen molar-refractivity contribution in [1.29, 1.82) is 0 Å². The lowest BCUT2D eigenvalue weighted by Gasteiger charge is -2.14. The number of aryl methyl sites for hydroxylation is 1. The third kappa shape index (κ3) is 4.60. The fourth-order valence-electron chi connectivity index (χ4n) is 2.69. The number of aromatic nitrogens is 2. The van der Waals surface area contributed by atoms with Crippen molar-refractivity contribution in [3.8, 4) is 5.88 Å². The van der Waals surface area contributed by atoms with E-state index >= 15 is 0 Å². The van der Waals surface area contributed by atoms with Crippen LogP contribution in [-0.4, -0.2) is 15.5 Å². The van der Waals surface area contributed by atoms with E-state index < -0.39 is 23.1 Å². The van der Waals surface area contributed by atoms with E-state index in [2.05, 4.69) is 4.98 Å². The Kier molecular flexibility index (Phi) is 5.93. The van der Waals surface area contributed by atoms with Crippen LogP contribution in [0, 0.1) is 18.6 Å². The maximum Gasteiger partial charge on any atom is 0.276 e. The smallest absolute Gasteiger partial charge is 0.276 e. The van der Waals surface area contributed by atoms with Crippen LogP contribution in [0.5, 0.6) is 5.88 Å². The molecule has 2 N–H and O–H groups in total. The van der Waals surface area contributed by atoms with Crippen LogP contribution in [-0.2, 0) is 13.2 Å². The fourth-order valence-corrected chi connectivity index (χ4v) is 2.88. The number of carbonyl (C=O) groups excluding carboxylic acids is 1. The van der Waals surface area contributed by atoms with Gasteiger partial charge >= 0.3 is 0 Å². The number of rotatable bonds is 6. The molecule has 0 aliphatic carbocycles. The Labute approximate surface area is 169 Å². The highest BCUT2D eigenvalue weighted by molar-refractivity contribution is 6.31. The molecule has 0 bridgehead atoms. The summed E-state index contributed by atoms with van der Waals surface area (Å²) >= 11 is 6.10. The molecular weight excluding hydrogens is 404 g/mol. The molecule has 6 nitrogen and oxygen atoms in total. The molecule has 0 atom stereocenters. The zero-order chi connectivity index (χ0) is 21.1. The summed E-state index contributed by atoms with van der Waals surface area (Å²) in [5.41, 5.74) is 5.78. The summed E-state index contributed by atoms with van der Waals surface area (Å²) < 4.78 is 33.4. The summed E-state index contributed by atoms with van der Waals surface area (Å²) in [5, 5.41) is -0.274. The van der Waals surface area contributed by atoms with Gasteiger partial charge in [0.1, 0.15) is 24.1 Å². The summed E-state index contributed by atoms with van der Waals surface area (Å²) in [4.78, 5) is 28.1. The van der Waals surface area contributed by atoms with Crippen molar-refractivity contribution in [1.82, 2.24) is 9.55 Å². The van der Waals surface area contributed by atoms with Crippen LogP contribution < -0.4 is 16.0 Å². The normalized spacial score (nSPS) is 10.8. The van der Waals surface area contributed by atoms with E-state index in [1.807, 2.05) is 0 Å². The van der Waals surface area contributed by atoms with Gasteiger partial charge in [0, 0.05) is 17.2 Å². The van der Waals surface area contributed by atoms with Gasteiger partial charge in [0.2, 0.25) is 11.8 Å². The maximum atomic E-state index is 13.7. The summed E-state index contributed by atoms with van der Waals surface area (Å²) in [7, 11) is 0. The molecule has 0 saturated heterocycles. The number of amides is 1. The van der Waals surface area contributed by atoms with Crippen LogP contribution in [0.3, 0.4) is 0 Å². The summed E-state index contributed by atoms with van der Waals surface area (Å²) in [5.74, 6) is -1.91. The summed E-state index contributed by atoms with van der Waals surface area (Å²) in [6.07, 6.45) is 0. The average molecular weight is 420 g/mol. The van der Waals surface area contributed by atoms with Crippen LogP contribution in [0.15, 0.2) is 47.3 Å². The molecule has 29 heavy (non-hydrogen) atoms. The van der Waals surface area contributed by atoms with Gasteiger partial charge in [0.25, 0.3) is 5.56 Å². The first-order chi connectivity index (χ1) is 13.8. The largest absolute Gasteiger partial charge is 0.471 e. The van der Waals surface area contributed by atoms with Crippen LogP contribution in [0.4, 0.5) is 8.78 Å². The van der Waals surface area contributed by atoms with Crippen molar-refractivity contribution in [2.45, 2.75) is 20.1 Å². The molecule has 1 heterocycles. The number of halogens is 3. The second-order valence-corrected chi connectivity index (χ2v) is 6.64. The van der Waals surface area contributed by atoms with Crippen molar-refractivity contribution in [2.75, 3.05) is 0 Å². The molecule has 0 fully saturated rings. The second kappa shape index (κ2) is 8.40. The molecule has 0 saturated carbocycles. The zero-order valence-electron chi connectivity index (χ0n) is 15.3. The van der Waals surface area contributed by atoms with Gasteiger partial charge in [-0.25, -0.2) is 8.78 Å². The lowest BCUT2D eigenvalue weighted by Crippen LogP contribution is -2.25. The molecule has 3 rings (SSSR count). The zero-order valence-corrected chi connectivity index (χ0v) is 16.0. The van der Waals surface area contributed by atoms with E-state index in [-0.39, 0.29) is 29.6 Å². The molecule has 1 amide bonds. The van der Waals surface area contributed by atoms with Gasteiger partial charge in [-0.1, -0.05) is 23.7 Å². The number of ether oxygens (including phenoxy) is 1. The Morgan fingerprint density at radius 1 is 1.24 bits per heavy atom. The first-order valence-corrected chi connectivity index (χ1v) is 8.86. The average Bonchev–Trinajstić information content (AvgIpc) is 2.68. The molecule has 9 heteroatoms. The molecule has 2 aromatic carbocycles. The van der Waals surface area contributed by atoms with Crippen LogP contribution >= 0.6 is 11.6 Å². The topological polar surface area (TPSA) is 87.2 Å². The van der Waals surface area contributed by atoms with Crippen LogP contribution in [0.25, 0.3) is 0 Å². The monoisotopic (exact) mass is 419 g/mol. The Bertz CT molecular complexity index is 1150. The van der Waals surface area contributed by atoms with Gasteiger partial charge in [-0.3, -0.25) is 14.2 Å². The maximum absolute atomic E-state index is 13.7. The molecule has 0 radical (unpaired) electrons.